The van der Waals surface area contributed by atoms with E-state index in [1.807, 2.05) is 30.3 Å². The minimum atomic E-state index is -0.299. The first kappa shape index (κ1) is 12.6. The van der Waals surface area contributed by atoms with Crippen molar-refractivity contribution in [2.24, 2.45) is 11.7 Å². The number of nitrogens with two attached hydrogens (primary N) is 1. The summed E-state index contributed by atoms with van der Waals surface area (Å²) in [5.74, 6) is -0.405. The smallest absolute Gasteiger partial charge is 0.227 e. The van der Waals surface area contributed by atoms with Crippen molar-refractivity contribution in [2.45, 2.75) is 19.3 Å². The molecule has 4 heteroatoms. The molecule has 0 spiro atoms. The standard InChI is InChI=1S/C14H18N2O2/c15-14(18)12-7-4-8-16(10-12)13(17)9-11-5-2-1-3-6-11/h1-3,5-6,12H,4,7-10H2,(H2,15,18). The lowest BCUT2D eigenvalue weighted by Gasteiger charge is -2.31. The van der Waals surface area contributed by atoms with E-state index in [2.05, 4.69) is 0 Å². The number of amides is 2. The van der Waals surface area contributed by atoms with Crippen LogP contribution in [0, 0.1) is 5.92 Å². The van der Waals surface area contributed by atoms with Gasteiger partial charge in [-0.1, -0.05) is 30.3 Å². The fourth-order valence-electron chi connectivity index (χ4n) is 2.32. The van der Waals surface area contributed by atoms with Crippen LogP contribution in [0.2, 0.25) is 0 Å². The second-order valence-electron chi connectivity index (χ2n) is 4.74. The number of likely N-dealkylation sites (tertiary alicyclic amines) is 1. The summed E-state index contributed by atoms with van der Waals surface area (Å²) in [6.45, 7) is 1.20. The summed E-state index contributed by atoms with van der Waals surface area (Å²) in [4.78, 5) is 25.0. The molecule has 1 aliphatic rings. The van der Waals surface area contributed by atoms with Gasteiger partial charge in [0.1, 0.15) is 0 Å². The van der Waals surface area contributed by atoms with Gasteiger partial charge in [0.25, 0.3) is 0 Å². The Labute approximate surface area is 107 Å². The van der Waals surface area contributed by atoms with E-state index >= 15 is 0 Å². The maximum atomic E-state index is 12.1. The fourth-order valence-corrected chi connectivity index (χ4v) is 2.32. The highest BCUT2D eigenvalue weighted by molar-refractivity contribution is 5.81. The van der Waals surface area contributed by atoms with Gasteiger partial charge in [-0.05, 0) is 18.4 Å². The van der Waals surface area contributed by atoms with Crippen LogP contribution in [0.1, 0.15) is 18.4 Å². The Kier molecular flexibility index (Phi) is 3.97. The minimum Gasteiger partial charge on any atom is -0.369 e. The molecular formula is C14H18N2O2. The second kappa shape index (κ2) is 5.67. The zero-order chi connectivity index (χ0) is 13.0. The van der Waals surface area contributed by atoms with Crippen LogP contribution >= 0.6 is 0 Å². The van der Waals surface area contributed by atoms with Gasteiger partial charge in [0.15, 0.2) is 0 Å². The van der Waals surface area contributed by atoms with Crippen molar-refractivity contribution in [2.75, 3.05) is 13.1 Å². The molecule has 2 rings (SSSR count). The molecule has 1 aliphatic heterocycles. The molecule has 96 valence electrons. The number of hydrogen-bond acceptors (Lipinski definition) is 2. The topological polar surface area (TPSA) is 63.4 Å². The van der Waals surface area contributed by atoms with Gasteiger partial charge in [-0.3, -0.25) is 9.59 Å². The Balaban J connectivity index is 1.95. The van der Waals surface area contributed by atoms with Gasteiger partial charge in [-0.15, -0.1) is 0 Å². The Bertz CT molecular complexity index is 431. The summed E-state index contributed by atoms with van der Waals surface area (Å²) in [6, 6.07) is 9.65. The third-order valence-corrected chi connectivity index (χ3v) is 3.37. The number of primary amides is 1. The first-order valence-corrected chi connectivity index (χ1v) is 6.28. The highest BCUT2D eigenvalue weighted by Gasteiger charge is 2.26. The van der Waals surface area contributed by atoms with Gasteiger partial charge in [-0.25, -0.2) is 0 Å². The Morgan fingerprint density at radius 1 is 1.28 bits per heavy atom. The SMILES string of the molecule is NC(=O)C1CCCN(C(=O)Cc2ccccc2)C1. The number of hydrogen-bond donors (Lipinski definition) is 1. The van der Waals surface area contributed by atoms with Crippen LogP contribution in [-0.2, 0) is 16.0 Å². The van der Waals surface area contributed by atoms with Crippen LogP contribution in [0.5, 0.6) is 0 Å². The number of benzene rings is 1. The molecular weight excluding hydrogens is 228 g/mol. The fraction of sp³-hybridized carbons (Fsp3) is 0.429. The van der Waals surface area contributed by atoms with Crippen LogP contribution in [-0.4, -0.2) is 29.8 Å². The Morgan fingerprint density at radius 2 is 2.00 bits per heavy atom. The summed E-state index contributed by atoms with van der Waals surface area (Å²) < 4.78 is 0. The van der Waals surface area contributed by atoms with E-state index in [1.54, 1.807) is 4.90 Å². The van der Waals surface area contributed by atoms with Crippen molar-refractivity contribution < 1.29 is 9.59 Å². The van der Waals surface area contributed by atoms with E-state index in [1.165, 1.54) is 0 Å². The van der Waals surface area contributed by atoms with Gasteiger partial charge in [0.2, 0.25) is 11.8 Å². The van der Waals surface area contributed by atoms with E-state index in [9.17, 15) is 9.59 Å². The maximum Gasteiger partial charge on any atom is 0.227 e. The first-order valence-electron chi connectivity index (χ1n) is 6.28. The first-order chi connectivity index (χ1) is 8.66. The molecule has 2 N–H and O–H groups in total. The minimum absolute atomic E-state index is 0.0761. The highest BCUT2D eigenvalue weighted by atomic mass is 16.2. The van der Waals surface area contributed by atoms with E-state index in [4.69, 9.17) is 5.73 Å². The normalized spacial score (nSPS) is 19.6. The molecule has 0 bridgehead atoms. The number of nitrogens with zero attached hydrogens (tertiary/aromatic N) is 1. The summed E-state index contributed by atoms with van der Waals surface area (Å²) in [7, 11) is 0. The molecule has 4 nitrogen and oxygen atoms in total. The van der Waals surface area contributed by atoms with Crippen LogP contribution in [0.3, 0.4) is 0 Å². The molecule has 1 unspecified atom stereocenters. The zero-order valence-corrected chi connectivity index (χ0v) is 10.3. The third-order valence-electron chi connectivity index (χ3n) is 3.37. The van der Waals surface area contributed by atoms with Crippen molar-refractivity contribution in [3.8, 4) is 0 Å². The summed E-state index contributed by atoms with van der Waals surface area (Å²) >= 11 is 0. The maximum absolute atomic E-state index is 12.1. The molecule has 1 heterocycles. The van der Waals surface area contributed by atoms with Gasteiger partial charge >= 0.3 is 0 Å². The summed E-state index contributed by atoms with van der Waals surface area (Å²) in [6.07, 6.45) is 2.05. The molecule has 0 aromatic heterocycles. The van der Waals surface area contributed by atoms with Crippen LogP contribution in [0.4, 0.5) is 0 Å². The molecule has 18 heavy (non-hydrogen) atoms. The monoisotopic (exact) mass is 246 g/mol. The number of carbonyl (C=O) groups excluding carboxylic acids is 2. The van der Waals surface area contributed by atoms with E-state index < -0.39 is 0 Å². The molecule has 1 aromatic rings. The largest absolute Gasteiger partial charge is 0.369 e. The average Bonchev–Trinajstić information content (AvgIpc) is 2.40. The van der Waals surface area contributed by atoms with Gasteiger partial charge in [0, 0.05) is 13.1 Å². The average molecular weight is 246 g/mol. The predicted molar refractivity (Wildman–Crippen MR) is 68.6 cm³/mol. The summed E-state index contributed by atoms with van der Waals surface area (Å²) in [5.41, 5.74) is 6.31. The van der Waals surface area contributed by atoms with Crippen molar-refractivity contribution in [3.63, 3.8) is 0 Å². The van der Waals surface area contributed by atoms with Gasteiger partial charge < -0.3 is 10.6 Å². The lowest BCUT2D eigenvalue weighted by Crippen LogP contribution is -2.44. The molecule has 1 saturated heterocycles. The van der Waals surface area contributed by atoms with Crippen LogP contribution in [0.25, 0.3) is 0 Å². The molecule has 1 aromatic carbocycles. The predicted octanol–water partition coefficient (Wildman–Crippen LogP) is 0.953. The number of carbonyl (C=O) groups is 2. The van der Waals surface area contributed by atoms with Crippen molar-refractivity contribution >= 4 is 11.8 Å². The van der Waals surface area contributed by atoms with E-state index in [0.29, 0.717) is 13.0 Å². The van der Waals surface area contributed by atoms with Crippen molar-refractivity contribution in [1.29, 1.82) is 0 Å². The molecule has 0 radical (unpaired) electrons. The zero-order valence-electron chi connectivity index (χ0n) is 10.3. The quantitative estimate of drug-likeness (QED) is 0.863. The highest BCUT2D eigenvalue weighted by Crippen LogP contribution is 2.17. The molecule has 0 saturated carbocycles. The second-order valence-corrected chi connectivity index (χ2v) is 4.74. The molecule has 1 atom stereocenters. The summed E-state index contributed by atoms with van der Waals surface area (Å²) in [5, 5.41) is 0. The molecule has 2 amide bonds. The number of piperidine rings is 1. The lowest BCUT2D eigenvalue weighted by atomic mass is 9.97. The third kappa shape index (κ3) is 3.09. The van der Waals surface area contributed by atoms with Crippen LogP contribution < -0.4 is 5.73 Å². The Hall–Kier alpha value is -1.84. The molecule has 0 aliphatic carbocycles. The lowest BCUT2D eigenvalue weighted by molar-refractivity contribution is -0.134. The van der Waals surface area contributed by atoms with E-state index in [0.717, 1.165) is 24.9 Å². The molecule has 1 fully saturated rings. The Morgan fingerprint density at radius 3 is 2.67 bits per heavy atom. The van der Waals surface area contributed by atoms with Crippen LogP contribution in [0.15, 0.2) is 30.3 Å². The van der Waals surface area contributed by atoms with Crippen molar-refractivity contribution in [1.82, 2.24) is 4.90 Å². The number of rotatable bonds is 3. The van der Waals surface area contributed by atoms with Crippen molar-refractivity contribution in [3.05, 3.63) is 35.9 Å². The van der Waals surface area contributed by atoms with Gasteiger partial charge in [0.05, 0.1) is 12.3 Å². The van der Waals surface area contributed by atoms with E-state index in [-0.39, 0.29) is 17.7 Å². The van der Waals surface area contributed by atoms with Gasteiger partial charge in [-0.2, -0.15) is 0 Å².